The van der Waals surface area contributed by atoms with Gasteiger partial charge in [-0.2, -0.15) is 0 Å². The van der Waals surface area contributed by atoms with Crippen molar-refractivity contribution in [3.8, 4) is 5.75 Å². The number of amides is 1. The van der Waals surface area contributed by atoms with Gasteiger partial charge >= 0.3 is 6.09 Å². The van der Waals surface area contributed by atoms with E-state index in [2.05, 4.69) is 5.32 Å². The molecule has 0 aliphatic rings. The van der Waals surface area contributed by atoms with Gasteiger partial charge in [0.25, 0.3) is 0 Å². The van der Waals surface area contributed by atoms with Gasteiger partial charge in [0, 0.05) is 23.6 Å². The Morgan fingerprint density at radius 3 is 2.41 bits per heavy atom. The van der Waals surface area contributed by atoms with Crippen LogP contribution in [0.4, 0.5) is 4.79 Å². The molecule has 164 valence electrons. The standard InChI is InChI=1S/C26H26N2O4/c29-24(13-15-27-26(30)31)25(20-9-5-2-6-10-20)28-16-14-21-17-22(11-12-23(21)28)32-18-19-7-3-1-4-8-19/h1-12,14,16-17,24-25,27,29H,13,15,18H2,(H,30,31)/t24-,25+/m1/s1. The fourth-order valence-electron chi connectivity index (χ4n) is 3.92. The minimum atomic E-state index is -1.09. The highest BCUT2D eigenvalue weighted by Gasteiger charge is 2.24. The van der Waals surface area contributed by atoms with Gasteiger partial charge in [0.1, 0.15) is 12.4 Å². The van der Waals surface area contributed by atoms with Crippen molar-refractivity contribution in [3.05, 3.63) is 102 Å². The third-order valence-corrected chi connectivity index (χ3v) is 5.46. The molecule has 3 aromatic carbocycles. The summed E-state index contributed by atoms with van der Waals surface area (Å²) in [6.45, 7) is 0.672. The summed E-state index contributed by atoms with van der Waals surface area (Å²) >= 11 is 0. The fraction of sp³-hybridized carbons (Fsp3) is 0.192. The lowest BCUT2D eigenvalue weighted by molar-refractivity contribution is 0.121. The fourth-order valence-corrected chi connectivity index (χ4v) is 3.92. The van der Waals surface area contributed by atoms with Crippen molar-refractivity contribution in [2.45, 2.75) is 25.2 Å². The van der Waals surface area contributed by atoms with Crippen LogP contribution in [0.25, 0.3) is 10.9 Å². The van der Waals surface area contributed by atoms with Crippen LogP contribution in [0.15, 0.2) is 91.1 Å². The summed E-state index contributed by atoms with van der Waals surface area (Å²) in [5.41, 5.74) is 3.03. The number of aliphatic hydroxyl groups excluding tert-OH is 1. The van der Waals surface area contributed by atoms with Crippen LogP contribution >= 0.6 is 0 Å². The number of aromatic nitrogens is 1. The largest absolute Gasteiger partial charge is 0.489 e. The molecule has 1 amide bonds. The maximum Gasteiger partial charge on any atom is 0.404 e. The Bertz CT molecular complexity index is 1160. The van der Waals surface area contributed by atoms with Gasteiger partial charge in [-0.15, -0.1) is 0 Å². The van der Waals surface area contributed by atoms with Crippen molar-refractivity contribution in [2.75, 3.05) is 6.54 Å². The van der Waals surface area contributed by atoms with Crippen molar-refractivity contribution in [1.82, 2.24) is 9.88 Å². The number of nitrogens with one attached hydrogen (secondary N) is 1. The highest BCUT2D eigenvalue weighted by atomic mass is 16.5. The molecule has 6 heteroatoms. The summed E-state index contributed by atoms with van der Waals surface area (Å²) in [6.07, 6.45) is 0.387. The second kappa shape index (κ2) is 10.0. The molecule has 0 aliphatic carbocycles. The molecule has 0 fully saturated rings. The highest BCUT2D eigenvalue weighted by Crippen LogP contribution is 2.31. The van der Waals surface area contributed by atoms with E-state index < -0.39 is 12.2 Å². The van der Waals surface area contributed by atoms with Gasteiger partial charge in [0.2, 0.25) is 0 Å². The Kier molecular flexibility index (Phi) is 6.72. The van der Waals surface area contributed by atoms with Crippen LogP contribution in [0.3, 0.4) is 0 Å². The molecule has 4 rings (SSSR count). The third kappa shape index (κ3) is 5.10. The Morgan fingerprint density at radius 2 is 1.69 bits per heavy atom. The molecule has 0 bridgehead atoms. The van der Waals surface area contributed by atoms with Gasteiger partial charge in [-0.05, 0) is 41.8 Å². The smallest absolute Gasteiger partial charge is 0.404 e. The maximum atomic E-state index is 11.0. The molecule has 0 saturated carbocycles. The quantitative estimate of drug-likeness (QED) is 0.355. The summed E-state index contributed by atoms with van der Waals surface area (Å²) in [5, 5.41) is 23.2. The van der Waals surface area contributed by atoms with Crippen molar-refractivity contribution >= 4 is 17.0 Å². The molecule has 0 spiro atoms. The Balaban J connectivity index is 1.58. The van der Waals surface area contributed by atoms with E-state index in [4.69, 9.17) is 9.84 Å². The number of nitrogens with zero attached hydrogens (tertiary/aromatic N) is 1. The van der Waals surface area contributed by atoms with E-state index in [0.29, 0.717) is 13.0 Å². The summed E-state index contributed by atoms with van der Waals surface area (Å²) in [7, 11) is 0. The minimum Gasteiger partial charge on any atom is -0.489 e. The van der Waals surface area contributed by atoms with E-state index in [0.717, 1.165) is 27.8 Å². The second-order valence-corrected chi connectivity index (χ2v) is 7.66. The van der Waals surface area contributed by atoms with Crippen LogP contribution < -0.4 is 10.1 Å². The SMILES string of the molecule is O=C(O)NCC[C@@H](O)[C@H](c1ccccc1)n1ccc2cc(OCc3ccccc3)ccc21. The minimum absolute atomic E-state index is 0.177. The average Bonchev–Trinajstić information content (AvgIpc) is 3.22. The van der Waals surface area contributed by atoms with E-state index in [1.807, 2.05) is 95.7 Å². The molecule has 6 nitrogen and oxygen atoms in total. The first kappa shape index (κ1) is 21.5. The molecular weight excluding hydrogens is 404 g/mol. The normalized spacial score (nSPS) is 12.9. The predicted molar refractivity (Wildman–Crippen MR) is 124 cm³/mol. The van der Waals surface area contributed by atoms with Gasteiger partial charge in [0.05, 0.1) is 12.1 Å². The maximum absolute atomic E-state index is 11.0. The van der Waals surface area contributed by atoms with E-state index >= 15 is 0 Å². The number of carbonyl (C=O) groups is 1. The third-order valence-electron chi connectivity index (χ3n) is 5.46. The van der Waals surface area contributed by atoms with Crippen molar-refractivity contribution in [2.24, 2.45) is 0 Å². The van der Waals surface area contributed by atoms with Gasteiger partial charge in [-0.25, -0.2) is 4.79 Å². The molecule has 2 atom stereocenters. The van der Waals surface area contributed by atoms with E-state index in [9.17, 15) is 9.90 Å². The number of benzene rings is 3. The first-order valence-electron chi connectivity index (χ1n) is 10.6. The number of rotatable bonds is 9. The molecule has 0 aliphatic heterocycles. The summed E-state index contributed by atoms with van der Waals surface area (Å²) in [4.78, 5) is 10.8. The van der Waals surface area contributed by atoms with Crippen LogP contribution in [0.5, 0.6) is 5.75 Å². The molecule has 0 radical (unpaired) electrons. The van der Waals surface area contributed by atoms with Gasteiger partial charge in [-0.1, -0.05) is 60.7 Å². The van der Waals surface area contributed by atoms with Crippen molar-refractivity contribution < 1.29 is 19.7 Å². The Hall–Kier alpha value is -3.77. The number of aliphatic hydroxyl groups is 1. The molecule has 3 N–H and O–H groups in total. The van der Waals surface area contributed by atoms with E-state index in [1.165, 1.54) is 0 Å². The lowest BCUT2D eigenvalue weighted by Gasteiger charge is -2.26. The van der Waals surface area contributed by atoms with Gasteiger partial charge in [-0.3, -0.25) is 0 Å². The Labute approximate surface area is 186 Å². The summed E-state index contributed by atoms with van der Waals surface area (Å²) in [6, 6.07) is 27.3. The summed E-state index contributed by atoms with van der Waals surface area (Å²) < 4.78 is 7.99. The summed E-state index contributed by atoms with van der Waals surface area (Å²) in [5.74, 6) is 0.779. The number of fused-ring (bicyclic) bond motifs is 1. The predicted octanol–water partition coefficient (Wildman–Crippen LogP) is 4.83. The van der Waals surface area contributed by atoms with Gasteiger partial charge < -0.3 is 24.8 Å². The Morgan fingerprint density at radius 1 is 0.969 bits per heavy atom. The lowest BCUT2D eigenvalue weighted by Crippen LogP contribution is -2.30. The van der Waals surface area contributed by atoms with Crippen LogP contribution in [0.2, 0.25) is 0 Å². The van der Waals surface area contributed by atoms with Crippen LogP contribution in [0, 0.1) is 0 Å². The molecule has 0 saturated heterocycles. The number of hydrogen-bond acceptors (Lipinski definition) is 3. The van der Waals surface area contributed by atoms with Crippen LogP contribution in [-0.2, 0) is 6.61 Å². The van der Waals surface area contributed by atoms with Crippen molar-refractivity contribution in [3.63, 3.8) is 0 Å². The molecule has 32 heavy (non-hydrogen) atoms. The zero-order valence-corrected chi connectivity index (χ0v) is 17.6. The van der Waals surface area contributed by atoms with Gasteiger partial charge in [0.15, 0.2) is 0 Å². The zero-order chi connectivity index (χ0) is 22.3. The number of carboxylic acid groups (broad SMARTS) is 1. The highest BCUT2D eigenvalue weighted by molar-refractivity contribution is 5.82. The number of ether oxygens (including phenoxy) is 1. The van der Waals surface area contributed by atoms with E-state index in [1.54, 1.807) is 0 Å². The number of hydrogen-bond donors (Lipinski definition) is 3. The first-order valence-corrected chi connectivity index (χ1v) is 10.6. The second-order valence-electron chi connectivity index (χ2n) is 7.66. The zero-order valence-electron chi connectivity index (χ0n) is 17.6. The molecule has 0 unspecified atom stereocenters. The molecule has 4 aromatic rings. The monoisotopic (exact) mass is 430 g/mol. The molecule has 1 aromatic heterocycles. The van der Waals surface area contributed by atoms with Crippen LogP contribution in [0.1, 0.15) is 23.6 Å². The lowest BCUT2D eigenvalue weighted by atomic mass is 9.98. The first-order chi connectivity index (χ1) is 15.6. The van der Waals surface area contributed by atoms with E-state index in [-0.39, 0.29) is 12.6 Å². The van der Waals surface area contributed by atoms with Crippen LogP contribution in [-0.4, -0.2) is 33.5 Å². The molecular formula is C26H26N2O4. The van der Waals surface area contributed by atoms with Crippen molar-refractivity contribution in [1.29, 1.82) is 0 Å². The average molecular weight is 431 g/mol. The molecule has 1 heterocycles. The topological polar surface area (TPSA) is 83.7 Å².